The van der Waals surface area contributed by atoms with Gasteiger partial charge in [-0.25, -0.2) is 0 Å². The number of fused-ring (bicyclic) bond motifs is 1. The Hall–Kier alpha value is -4.21. The van der Waals surface area contributed by atoms with Crippen LogP contribution in [0.2, 0.25) is 0 Å². The zero-order valence-electron chi connectivity index (χ0n) is 24.5. The van der Waals surface area contributed by atoms with E-state index in [1.54, 1.807) is 24.5 Å². The lowest BCUT2D eigenvalue weighted by atomic mass is 9.96. The second-order valence-electron chi connectivity index (χ2n) is 11.4. The number of aryl methyl sites for hydroxylation is 1. The predicted molar refractivity (Wildman–Crippen MR) is 169 cm³/mol. The fraction of sp³-hybridized carbons (Fsp3) is 0.294. The maximum absolute atomic E-state index is 13.9. The number of aliphatic hydroxyl groups is 1. The number of nitrogens with zero attached hydrogens (tertiary/aromatic N) is 2. The summed E-state index contributed by atoms with van der Waals surface area (Å²) in [7, 11) is 0. The third kappa shape index (κ3) is 6.89. The maximum atomic E-state index is 13.9. The molecule has 9 heteroatoms. The van der Waals surface area contributed by atoms with Gasteiger partial charge in [0.2, 0.25) is 5.91 Å². The van der Waals surface area contributed by atoms with Crippen molar-refractivity contribution in [3.8, 4) is 0 Å². The van der Waals surface area contributed by atoms with E-state index < -0.39 is 34.7 Å². The van der Waals surface area contributed by atoms with Crippen LogP contribution in [0.1, 0.15) is 40.9 Å². The Balaban J connectivity index is 1.36. The van der Waals surface area contributed by atoms with Gasteiger partial charge in [0.05, 0.1) is 11.9 Å². The topological polar surface area (TPSA) is 112 Å². The van der Waals surface area contributed by atoms with Crippen LogP contribution in [0.4, 0.5) is 0 Å². The van der Waals surface area contributed by atoms with Crippen molar-refractivity contribution >= 4 is 40.3 Å². The molecule has 3 aromatic carbocycles. The van der Waals surface area contributed by atoms with Gasteiger partial charge in [0.1, 0.15) is 6.04 Å². The van der Waals surface area contributed by atoms with Gasteiger partial charge in [-0.2, -0.15) is 0 Å². The highest BCUT2D eigenvalue weighted by Crippen LogP contribution is 2.40. The number of carbonyl (C=O) groups is 3. The third-order valence-corrected chi connectivity index (χ3v) is 9.32. The fourth-order valence-electron chi connectivity index (χ4n) is 5.43. The third-order valence-electron chi connectivity index (χ3n) is 7.94. The van der Waals surface area contributed by atoms with Crippen LogP contribution in [0.3, 0.4) is 0 Å². The minimum absolute atomic E-state index is 0.225. The zero-order chi connectivity index (χ0) is 30.6. The van der Waals surface area contributed by atoms with E-state index in [2.05, 4.69) is 15.6 Å². The molecule has 43 heavy (non-hydrogen) atoms. The summed E-state index contributed by atoms with van der Waals surface area (Å²) in [6, 6.07) is 22.6. The van der Waals surface area contributed by atoms with E-state index in [9.17, 15) is 19.5 Å². The van der Waals surface area contributed by atoms with Gasteiger partial charge in [0.25, 0.3) is 11.8 Å². The quantitative estimate of drug-likeness (QED) is 0.267. The van der Waals surface area contributed by atoms with Crippen LogP contribution < -0.4 is 10.6 Å². The van der Waals surface area contributed by atoms with Gasteiger partial charge in [-0.05, 0) is 67.5 Å². The molecule has 1 fully saturated rings. The van der Waals surface area contributed by atoms with Crippen LogP contribution in [-0.4, -0.2) is 61.5 Å². The average molecular weight is 597 g/mol. The van der Waals surface area contributed by atoms with E-state index in [-0.39, 0.29) is 18.2 Å². The Labute approximate surface area is 255 Å². The summed E-state index contributed by atoms with van der Waals surface area (Å²) in [6.45, 7) is 6.17. The van der Waals surface area contributed by atoms with E-state index >= 15 is 0 Å². The van der Waals surface area contributed by atoms with Crippen LogP contribution in [0.5, 0.6) is 0 Å². The molecule has 2 heterocycles. The minimum Gasteiger partial charge on any atom is -0.381 e. The Morgan fingerprint density at radius 2 is 1.77 bits per heavy atom. The summed E-state index contributed by atoms with van der Waals surface area (Å²) in [4.78, 5) is 46.5. The monoisotopic (exact) mass is 596 g/mol. The van der Waals surface area contributed by atoms with Crippen molar-refractivity contribution in [3.05, 3.63) is 114 Å². The minimum atomic E-state index is -1.58. The second-order valence-corrected chi connectivity index (χ2v) is 13.0. The first-order valence-electron chi connectivity index (χ1n) is 14.3. The van der Waals surface area contributed by atoms with Crippen molar-refractivity contribution in [2.24, 2.45) is 0 Å². The first kappa shape index (κ1) is 30.3. The number of hydrogen-bond donors (Lipinski definition) is 3. The highest BCUT2D eigenvalue weighted by atomic mass is 32.2. The standard InChI is InChI=1S/C34H36N4O4S/c1-22-9-7-8-12-26(22)20-36-32(41)30-34(2,3)43-21-38(30)33(42)29(39)28(17-23-10-5-4-6-11-23)37-31(40)25-14-13-24-15-16-35-19-27(24)18-25/h4-16,18-19,28-30,39H,17,20-21H2,1-3H3,(H,36,41)(H,37,40)/t28-,29-,30?/m0/s1. The molecule has 0 radical (unpaired) electrons. The zero-order valence-corrected chi connectivity index (χ0v) is 25.3. The predicted octanol–water partition coefficient (Wildman–Crippen LogP) is 4.24. The number of nitrogens with one attached hydrogen (secondary N) is 2. The summed E-state index contributed by atoms with van der Waals surface area (Å²) in [5.74, 6) is -1.05. The summed E-state index contributed by atoms with van der Waals surface area (Å²) in [5, 5.41) is 19.2. The van der Waals surface area contributed by atoms with E-state index in [0.29, 0.717) is 12.1 Å². The van der Waals surface area contributed by atoms with Gasteiger partial charge in [0, 0.05) is 34.6 Å². The molecule has 0 saturated carbocycles. The van der Waals surface area contributed by atoms with E-state index in [0.717, 1.165) is 27.5 Å². The maximum Gasteiger partial charge on any atom is 0.254 e. The lowest BCUT2D eigenvalue weighted by Gasteiger charge is -2.33. The van der Waals surface area contributed by atoms with Crippen molar-refractivity contribution < 1.29 is 19.5 Å². The summed E-state index contributed by atoms with van der Waals surface area (Å²) in [6.07, 6.45) is 2.02. The molecular weight excluding hydrogens is 560 g/mol. The first-order valence-corrected chi connectivity index (χ1v) is 15.3. The lowest BCUT2D eigenvalue weighted by Crippen LogP contribution is -2.58. The number of thioether (sulfide) groups is 1. The Morgan fingerprint density at radius 3 is 2.53 bits per heavy atom. The van der Waals surface area contributed by atoms with Crippen molar-refractivity contribution in [3.63, 3.8) is 0 Å². The van der Waals surface area contributed by atoms with Gasteiger partial charge < -0.3 is 20.6 Å². The van der Waals surface area contributed by atoms with Crippen molar-refractivity contribution in [2.45, 2.75) is 56.7 Å². The average Bonchev–Trinajstić information content (AvgIpc) is 3.34. The molecule has 0 spiro atoms. The van der Waals surface area contributed by atoms with E-state index in [1.165, 1.54) is 16.7 Å². The number of aliphatic hydroxyl groups excluding tert-OH is 1. The highest BCUT2D eigenvalue weighted by Gasteiger charge is 2.49. The SMILES string of the molecule is Cc1ccccc1CNC(=O)C1N(C(=O)[C@@H](O)[C@H](Cc2ccccc2)NC(=O)c2ccc3ccncc3c2)CSC1(C)C. The number of hydrogen-bond acceptors (Lipinski definition) is 6. The molecule has 3 N–H and O–H groups in total. The van der Waals surface area contributed by atoms with Gasteiger partial charge in [-0.15, -0.1) is 11.8 Å². The summed E-state index contributed by atoms with van der Waals surface area (Å²) >= 11 is 1.48. The van der Waals surface area contributed by atoms with Crippen molar-refractivity contribution in [1.29, 1.82) is 0 Å². The fourth-order valence-corrected chi connectivity index (χ4v) is 6.57. The highest BCUT2D eigenvalue weighted by molar-refractivity contribution is 8.00. The molecule has 8 nitrogen and oxygen atoms in total. The van der Waals surface area contributed by atoms with Crippen LogP contribution in [0.15, 0.2) is 91.3 Å². The van der Waals surface area contributed by atoms with E-state index in [1.807, 2.05) is 87.5 Å². The molecule has 1 unspecified atom stereocenters. The van der Waals surface area contributed by atoms with Crippen molar-refractivity contribution in [2.75, 3.05) is 5.88 Å². The molecule has 1 aromatic heterocycles. The Kier molecular flexibility index (Phi) is 9.13. The van der Waals surface area contributed by atoms with E-state index in [4.69, 9.17) is 0 Å². The molecular formula is C34H36N4O4S. The lowest BCUT2D eigenvalue weighted by molar-refractivity contribution is -0.147. The number of amides is 3. The van der Waals surface area contributed by atoms with Gasteiger partial charge in [0.15, 0.2) is 6.10 Å². The van der Waals surface area contributed by atoms with Crippen LogP contribution in [0.25, 0.3) is 10.8 Å². The second kappa shape index (κ2) is 13.0. The Bertz CT molecular complexity index is 1630. The van der Waals surface area contributed by atoms with Gasteiger partial charge in [-0.1, -0.05) is 60.7 Å². The molecule has 3 atom stereocenters. The molecule has 1 aliphatic rings. The Morgan fingerprint density at radius 1 is 1.02 bits per heavy atom. The summed E-state index contributed by atoms with van der Waals surface area (Å²) < 4.78 is -0.581. The number of aromatic nitrogens is 1. The first-order chi connectivity index (χ1) is 20.6. The van der Waals surface area contributed by atoms with Crippen LogP contribution >= 0.6 is 11.8 Å². The number of rotatable bonds is 9. The molecule has 4 aromatic rings. The van der Waals surface area contributed by atoms with Gasteiger partial charge >= 0.3 is 0 Å². The number of carbonyl (C=O) groups excluding carboxylic acids is 3. The van der Waals surface area contributed by atoms with Crippen LogP contribution in [-0.2, 0) is 22.6 Å². The molecule has 1 saturated heterocycles. The summed E-state index contributed by atoms with van der Waals surface area (Å²) in [5.41, 5.74) is 3.30. The van der Waals surface area contributed by atoms with Gasteiger partial charge in [-0.3, -0.25) is 19.4 Å². The smallest absolute Gasteiger partial charge is 0.254 e. The van der Waals surface area contributed by atoms with Crippen molar-refractivity contribution in [1.82, 2.24) is 20.5 Å². The molecule has 0 aliphatic carbocycles. The molecule has 3 amide bonds. The van der Waals surface area contributed by atoms with Crippen LogP contribution in [0, 0.1) is 6.92 Å². The number of pyridine rings is 1. The molecule has 1 aliphatic heterocycles. The largest absolute Gasteiger partial charge is 0.381 e. The molecule has 5 rings (SSSR count). The normalized spacial score (nSPS) is 17.3. The number of benzene rings is 3. The molecule has 0 bridgehead atoms. The molecule has 222 valence electrons.